The second-order valence-corrected chi connectivity index (χ2v) is 12.0. The van der Waals surface area contributed by atoms with Crippen molar-refractivity contribution in [3.63, 3.8) is 0 Å². The van der Waals surface area contributed by atoms with Gasteiger partial charge in [-0.15, -0.1) is 0 Å². The molecule has 0 aromatic heterocycles. The third-order valence-electron chi connectivity index (χ3n) is 9.01. The maximum Gasteiger partial charge on any atom is 0.302 e. The van der Waals surface area contributed by atoms with E-state index in [1.165, 1.54) is 19.4 Å². The van der Waals surface area contributed by atoms with E-state index in [4.69, 9.17) is 9.47 Å². The molecule has 0 saturated heterocycles. The fourth-order valence-electron chi connectivity index (χ4n) is 7.43. The summed E-state index contributed by atoms with van der Waals surface area (Å²) >= 11 is 3.66. The molecule has 0 amide bonds. The van der Waals surface area contributed by atoms with Crippen LogP contribution in [0.25, 0.3) is 0 Å². The number of aliphatic hydroxyl groups excluding tert-OH is 2. The predicted octanol–water partition coefficient (Wildman–Crippen LogP) is 3.38. The number of carbonyl (C=O) groups excluding carboxylic acids is 2. The number of fused-ring (bicyclic) bond motifs is 5. The lowest BCUT2D eigenvalue weighted by Crippen LogP contribution is -2.56. The zero-order valence-electron chi connectivity index (χ0n) is 18.9. The van der Waals surface area contributed by atoms with Gasteiger partial charge >= 0.3 is 11.9 Å². The standard InChI is InChI=1S/C24H35BrO6/c1-13(28)30-18-7-20-23(4,10-19(31-14(2)29)17-9-24(17,20)12-27)16-5-6-22(3,8-15(16)18)21(25)11-26/h5,15,17-21,26-27H,6-12H2,1-4H3/t15-,17+,18-,19-,20+,21+,22+,23+,24-/m1/s1. The van der Waals surface area contributed by atoms with Gasteiger partial charge in [-0.25, -0.2) is 0 Å². The Morgan fingerprint density at radius 3 is 2.35 bits per heavy atom. The second-order valence-electron chi connectivity index (χ2n) is 10.9. The Morgan fingerprint density at radius 1 is 1.13 bits per heavy atom. The molecule has 174 valence electrons. The molecule has 0 unspecified atom stereocenters. The van der Waals surface area contributed by atoms with Crippen molar-refractivity contribution in [2.45, 2.75) is 76.8 Å². The summed E-state index contributed by atoms with van der Waals surface area (Å²) in [6, 6.07) is 0. The SMILES string of the molecule is CC(=O)O[C@@H]1C[C@@H]2[C@@]3(CO)C[C@H]3[C@H](OC(C)=O)C[C@@]2(C)C2=CC[C@](C)([C@@H](Br)CO)C[C@H]21. The van der Waals surface area contributed by atoms with Crippen molar-refractivity contribution in [3.05, 3.63) is 11.6 Å². The Labute approximate surface area is 192 Å². The predicted molar refractivity (Wildman–Crippen MR) is 118 cm³/mol. The molecule has 0 bridgehead atoms. The molecular weight excluding hydrogens is 464 g/mol. The lowest BCUT2D eigenvalue weighted by molar-refractivity contribution is -0.167. The zero-order valence-corrected chi connectivity index (χ0v) is 20.5. The van der Waals surface area contributed by atoms with Crippen LogP contribution in [0.1, 0.15) is 59.8 Å². The molecule has 9 atom stereocenters. The van der Waals surface area contributed by atoms with Gasteiger partial charge in [0.2, 0.25) is 0 Å². The second kappa shape index (κ2) is 7.84. The average molecular weight is 499 g/mol. The summed E-state index contributed by atoms with van der Waals surface area (Å²) in [5, 5.41) is 20.2. The molecule has 0 radical (unpaired) electrons. The summed E-state index contributed by atoms with van der Waals surface area (Å²) in [6.45, 7) is 7.45. The van der Waals surface area contributed by atoms with Crippen molar-refractivity contribution >= 4 is 27.9 Å². The first-order valence-corrected chi connectivity index (χ1v) is 12.3. The van der Waals surface area contributed by atoms with Crippen molar-refractivity contribution in [1.82, 2.24) is 0 Å². The molecule has 0 spiro atoms. The lowest BCUT2D eigenvalue weighted by atomic mass is 9.48. The summed E-state index contributed by atoms with van der Waals surface area (Å²) in [6.07, 6.45) is 5.79. The van der Waals surface area contributed by atoms with Crippen LogP contribution in [-0.2, 0) is 19.1 Å². The number of ether oxygens (including phenoxy) is 2. The van der Waals surface area contributed by atoms with E-state index in [0.29, 0.717) is 6.42 Å². The van der Waals surface area contributed by atoms with Gasteiger partial charge in [0, 0.05) is 42.5 Å². The largest absolute Gasteiger partial charge is 0.462 e. The molecular formula is C24H35BrO6. The molecule has 0 heterocycles. The highest BCUT2D eigenvalue weighted by atomic mass is 79.9. The van der Waals surface area contributed by atoms with Gasteiger partial charge < -0.3 is 19.7 Å². The van der Waals surface area contributed by atoms with Crippen LogP contribution >= 0.6 is 15.9 Å². The molecule has 4 rings (SSSR count). The van der Waals surface area contributed by atoms with Gasteiger partial charge in [0.1, 0.15) is 12.2 Å². The monoisotopic (exact) mass is 498 g/mol. The van der Waals surface area contributed by atoms with E-state index >= 15 is 0 Å². The van der Waals surface area contributed by atoms with Crippen molar-refractivity contribution < 1.29 is 29.3 Å². The number of hydrogen-bond acceptors (Lipinski definition) is 6. The first kappa shape index (κ1) is 23.2. The van der Waals surface area contributed by atoms with Crippen LogP contribution in [0.4, 0.5) is 0 Å². The van der Waals surface area contributed by atoms with Gasteiger partial charge in [-0.1, -0.05) is 41.4 Å². The molecule has 0 aromatic rings. The Balaban J connectivity index is 1.76. The maximum absolute atomic E-state index is 12.0. The van der Waals surface area contributed by atoms with Crippen LogP contribution in [0.15, 0.2) is 11.6 Å². The smallest absolute Gasteiger partial charge is 0.302 e. The van der Waals surface area contributed by atoms with E-state index in [1.54, 1.807) is 0 Å². The molecule has 0 aromatic carbocycles. The summed E-state index contributed by atoms with van der Waals surface area (Å²) in [4.78, 5) is 23.7. The third-order valence-corrected chi connectivity index (χ3v) is 10.4. The summed E-state index contributed by atoms with van der Waals surface area (Å²) < 4.78 is 11.6. The fraction of sp³-hybridized carbons (Fsp3) is 0.833. The first-order chi connectivity index (χ1) is 14.5. The van der Waals surface area contributed by atoms with Crippen LogP contribution in [0.3, 0.4) is 0 Å². The molecule has 31 heavy (non-hydrogen) atoms. The lowest BCUT2D eigenvalue weighted by Gasteiger charge is -2.59. The number of rotatable bonds is 5. The van der Waals surface area contributed by atoms with Crippen molar-refractivity contribution in [2.75, 3.05) is 13.2 Å². The van der Waals surface area contributed by atoms with E-state index in [0.717, 1.165) is 25.7 Å². The molecule has 4 aliphatic carbocycles. The molecule has 3 fully saturated rings. The first-order valence-electron chi connectivity index (χ1n) is 11.4. The van der Waals surface area contributed by atoms with E-state index < -0.39 is 0 Å². The molecule has 2 N–H and O–H groups in total. The topological polar surface area (TPSA) is 93.1 Å². The highest BCUT2D eigenvalue weighted by Gasteiger charge is 2.72. The van der Waals surface area contributed by atoms with Gasteiger partial charge in [0.15, 0.2) is 0 Å². The van der Waals surface area contributed by atoms with Crippen LogP contribution in [0.2, 0.25) is 0 Å². The number of hydrogen-bond donors (Lipinski definition) is 2. The molecule has 7 heteroatoms. The molecule has 6 nitrogen and oxygen atoms in total. The summed E-state index contributed by atoms with van der Waals surface area (Å²) in [5.41, 5.74) is 0.631. The Bertz CT molecular complexity index is 797. The van der Waals surface area contributed by atoms with Gasteiger partial charge in [0.25, 0.3) is 0 Å². The minimum absolute atomic E-state index is 0.0435. The molecule has 4 aliphatic rings. The minimum atomic E-state index is -0.281. The average Bonchev–Trinajstić information content (AvgIpc) is 3.44. The van der Waals surface area contributed by atoms with Crippen LogP contribution in [0.5, 0.6) is 0 Å². The zero-order chi connectivity index (χ0) is 22.8. The normalized spacial score (nSPS) is 46.5. The van der Waals surface area contributed by atoms with Crippen molar-refractivity contribution in [3.8, 4) is 0 Å². The van der Waals surface area contributed by atoms with E-state index in [1.807, 2.05) is 0 Å². The quantitative estimate of drug-likeness (QED) is 0.342. The van der Waals surface area contributed by atoms with Gasteiger partial charge in [-0.05, 0) is 48.9 Å². The number of alkyl halides is 1. The number of halogens is 1. The van der Waals surface area contributed by atoms with Crippen molar-refractivity contribution in [2.24, 2.45) is 34.0 Å². The summed E-state index contributed by atoms with van der Waals surface area (Å²) in [5.74, 6) is -0.150. The number of allylic oxidation sites excluding steroid dienone is 1. The number of esters is 2. The fourth-order valence-corrected chi connectivity index (χ4v) is 7.80. The van der Waals surface area contributed by atoms with Gasteiger partial charge in [-0.3, -0.25) is 9.59 Å². The summed E-state index contributed by atoms with van der Waals surface area (Å²) in [7, 11) is 0. The van der Waals surface area contributed by atoms with E-state index in [9.17, 15) is 19.8 Å². The highest BCUT2D eigenvalue weighted by molar-refractivity contribution is 9.09. The maximum atomic E-state index is 12.0. The minimum Gasteiger partial charge on any atom is -0.462 e. The Kier molecular flexibility index (Phi) is 5.88. The van der Waals surface area contributed by atoms with E-state index in [2.05, 4.69) is 35.9 Å². The van der Waals surface area contributed by atoms with Crippen LogP contribution < -0.4 is 0 Å². The Hall–Kier alpha value is -0.920. The van der Waals surface area contributed by atoms with Gasteiger partial charge in [0.05, 0.1) is 6.61 Å². The number of carbonyl (C=O) groups is 2. The molecule has 3 saturated carbocycles. The van der Waals surface area contributed by atoms with Crippen LogP contribution in [-0.4, -0.2) is 52.4 Å². The van der Waals surface area contributed by atoms with E-state index in [-0.39, 0.29) is 76.2 Å². The Morgan fingerprint density at radius 2 is 1.77 bits per heavy atom. The third kappa shape index (κ3) is 3.59. The van der Waals surface area contributed by atoms with Gasteiger partial charge in [-0.2, -0.15) is 0 Å². The van der Waals surface area contributed by atoms with Crippen LogP contribution in [0, 0.1) is 34.0 Å². The highest BCUT2D eigenvalue weighted by Crippen LogP contribution is 2.74. The number of aliphatic hydroxyl groups is 2. The van der Waals surface area contributed by atoms with Crippen molar-refractivity contribution in [1.29, 1.82) is 0 Å². The molecule has 0 aliphatic heterocycles.